The Balaban J connectivity index is 1.28. The first-order chi connectivity index (χ1) is 17.7. The number of hydrogen-bond acceptors (Lipinski definition) is 5. The zero-order chi connectivity index (χ0) is 25.2. The Bertz CT molecular complexity index is 1110. The van der Waals surface area contributed by atoms with Crippen molar-refractivity contribution in [2.75, 3.05) is 51.3 Å². The molecule has 1 aliphatic heterocycles. The van der Waals surface area contributed by atoms with Crippen molar-refractivity contribution >= 4 is 11.6 Å². The molecule has 1 heterocycles. The summed E-state index contributed by atoms with van der Waals surface area (Å²) in [7, 11) is 1.73. The van der Waals surface area contributed by atoms with Gasteiger partial charge in [0.25, 0.3) is 5.91 Å². The molecule has 0 atom stereocenters. The molecule has 0 aromatic heterocycles. The lowest BCUT2D eigenvalue weighted by molar-refractivity contribution is 0.0996. The fraction of sp³-hybridized carbons (Fsp3) is 0.367. The molecule has 0 radical (unpaired) electrons. The molecular formula is C30H37N3O3. The Labute approximate surface area is 214 Å². The minimum atomic E-state index is -0.442. The van der Waals surface area contributed by atoms with Gasteiger partial charge in [-0.05, 0) is 61.6 Å². The van der Waals surface area contributed by atoms with Crippen LogP contribution in [0, 0.1) is 0 Å². The van der Waals surface area contributed by atoms with Gasteiger partial charge in [-0.25, -0.2) is 0 Å². The van der Waals surface area contributed by atoms with Crippen LogP contribution in [0.3, 0.4) is 0 Å². The smallest absolute Gasteiger partial charge is 0.252 e. The highest BCUT2D eigenvalue weighted by Gasteiger charge is 2.20. The van der Waals surface area contributed by atoms with E-state index in [2.05, 4.69) is 52.3 Å². The SMILES string of the molecule is COc1ccccc1N1CCN(CCCc2cccc(C(N)=O)c2OCCCc2ccccc2)CC1. The molecule has 1 fully saturated rings. The monoisotopic (exact) mass is 487 g/mol. The third-order valence-corrected chi connectivity index (χ3v) is 6.78. The maximum Gasteiger partial charge on any atom is 0.252 e. The first-order valence-corrected chi connectivity index (χ1v) is 12.8. The van der Waals surface area contributed by atoms with Crippen molar-refractivity contribution in [2.45, 2.75) is 25.7 Å². The summed E-state index contributed by atoms with van der Waals surface area (Å²) in [4.78, 5) is 17.0. The molecule has 0 unspecified atom stereocenters. The summed E-state index contributed by atoms with van der Waals surface area (Å²) in [5.74, 6) is 1.14. The van der Waals surface area contributed by atoms with Crippen LogP contribution in [0.1, 0.15) is 34.3 Å². The van der Waals surface area contributed by atoms with Crippen LogP contribution in [-0.2, 0) is 12.8 Å². The number of anilines is 1. The second-order valence-electron chi connectivity index (χ2n) is 9.20. The van der Waals surface area contributed by atoms with Crippen LogP contribution < -0.4 is 20.1 Å². The summed E-state index contributed by atoms with van der Waals surface area (Å²) in [5, 5.41) is 0. The number of methoxy groups -OCH3 is 1. The third kappa shape index (κ3) is 6.79. The Morgan fingerprint density at radius 3 is 2.36 bits per heavy atom. The van der Waals surface area contributed by atoms with E-state index in [1.165, 1.54) is 5.56 Å². The number of para-hydroxylation sites is 3. The Morgan fingerprint density at radius 1 is 0.861 bits per heavy atom. The average Bonchev–Trinajstić information content (AvgIpc) is 2.92. The van der Waals surface area contributed by atoms with Gasteiger partial charge < -0.3 is 20.1 Å². The highest BCUT2D eigenvalue weighted by molar-refractivity contribution is 5.96. The molecule has 6 heteroatoms. The number of piperazine rings is 1. The normalized spacial score (nSPS) is 14.0. The number of rotatable bonds is 12. The second-order valence-corrected chi connectivity index (χ2v) is 9.20. The lowest BCUT2D eigenvalue weighted by Crippen LogP contribution is -2.46. The van der Waals surface area contributed by atoms with Gasteiger partial charge in [-0.2, -0.15) is 0 Å². The highest BCUT2D eigenvalue weighted by Crippen LogP contribution is 2.29. The van der Waals surface area contributed by atoms with Crippen LogP contribution in [0.5, 0.6) is 11.5 Å². The van der Waals surface area contributed by atoms with Gasteiger partial charge in [-0.3, -0.25) is 9.69 Å². The molecule has 6 nitrogen and oxygen atoms in total. The largest absolute Gasteiger partial charge is 0.495 e. The Kier molecular flexibility index (Phi) is 9.22. The molecule has 190 valence electrons. The molecule has 0 bridgehead atoms. The number of primary amides is 1. The minimum absolute atomic E-state index is 0.442. The molecule has 36 heavy (non-hydrogen) atoms. The summed E-state index contributed by atoms with van der Waals surface area (Å²) < 4.78 is 11.7. The first kappa shape index (κ1) is 25.6. The molecular weight excluding hydrogens is 450 g/mol. The van der Waals surface area contributed by atoms with Crippen LogP contribution in [0.15, 0.2) is 72.8 Å². The van der Waals surface area contributed by atoms with Crippen LogP contribution in [0.4, 0.5) is 5.69 Å². The minimum Gasteiger partial charge on any atom is -0.495 e. The average molecular weight is 488 g/mol. The molecule has 3 aromatic rings. The lowest BCUT2D eigenvalue weighted by Gasteiger charge is -2.36. The van der Waals surface area contributed by atoms with Gasteiger partial charge in [0, 0.05) is 26.2 Å². The molecule has 4 rings (SSSR count). The van der Waals surface area contributed by atoms with Crippen molar-refractivity contribution in [2.24, 2.45) is 5.73 Å². The topological polar surface area (TPSA) is 68.0 Å². The van der Waals surface area contributed by atoms with Gasteiger partial charge >= 0.3 is 0 Å². The number of nitrogens with zero attached hydrogens (tertiary/aromatic N) is 2. The van der Waals surface area contributed by atoms with E-state index in [0.29, 0.717) is 17.9 Å². The maximum absolute atomic E-state index is 12.1. The predicted molar refractivity (Wildman–Crippen MR) is 145 cm³/mol. The van der Waals surface area contributed by atoms with Crippen molar-refractivity contribution in [3.8, 4) is 11.5 Å². The quantitative estimate of drug-likeness (QED) is 0.379. The number of hydrogen-bond donors (Lipinski definition) is 1. The van der Waals surface area contributed by atoms with Gasteiger partial charge in [0.05, 0.1) is 25.0 Å². The lowest BCUT2D eigenvalue weighted by atomic mass is 10.0. The fourth-order valence-electron chi connectivity index (χ4n) is 4.84. The molecule has 0 aliphatic carbocycles. The second kappa shape index (κ2) is 13.0. The predicted octanol–water partition coefficient (Wildman–Crippen LogP) is 4.56. The van der Waals surface area contributed by atoms with Gasteiger partial charge in [0.1, 0.15) is 11.5 Å². The molecule has 3 aromatic carbocycles. The number of ether oxygens (including phenoxy) is 2. The highest BCUT2D eigenvalue weighted by atomic mass is 16.5. The Morgan fingerprint density at radius 2 is 1.61 bits per heavy atom. The summed E-state index contributed by atoms with van der Waals surface area (Å²) in [6.07, 6.45) is 3.67. The number of aryl methyl sites for hydroxylation is 2. The van der Waals surface area contributed by atoms with Gasteiger partial charge in [-0.1, -0.05) is 54.6 Å². The fourth-order valence-corrected chi connectivity index (χ4v) is 4.84. The van der Waals surface area contributed by atoms with E-state index in [1.807, 2.05) is 24.3 Å². The van der Waals surface area contributed by atoms with E-state index < -0.39 is 5.91 Å². The van der Waals surface area contributed by atoms with E-state index in [0.717, 1.165) is 75.4 Å². The van der Waals surface area contributed by atoms with Crippen LogP contribution in [0.25, 0.3) is 0 Å². The summed E-state index contributed by atoms with van der Waals surface area (Å²) in [5.41, 5.74) is 9.64. The van der Waals surface area contributed by atoms with Crippen molar-refractivity contribution in [3.05, 3.63) is 89.5 Å². The van der Waals surface area contributed by atoms with Gasteiger partial charge in [0.2, 0.25) is 0 Å². The van der Waals surface area contributed by atoms with E-state index in [-0.39, 0.29) is 0 Å². The number of amides is 1. The van der Waals surface area contributed by atoms with E-state index in [4.69, 9.17) is 15.2 Å². The van der Waals surface area contributed by atoms with Crippen molar-refractivity contribution in [3.63, 3.8) is 0 Å². The van der Waals surface area contributed by atoms with Gasteiger partial charge in [0.15, 0.2) is 0 Å². The number of carbonyl (C=O) groups excluding carboxylic acids is 1. The molecule has 0 saturated carbocycles. The number of benzene rings is 3. The zero-order valence-corrected chi connectivity index (χ0v) is 21.2. The van der Waals surface area contributed by atoms with E-state index >= 15 is 0 Å². The van der Waals surface area contributed by atoms with Gasteiger partial charge in [-0.15, -0.1) is 0 Å². The van der Waals surface area contributed by atoms with Crippen molar-refractivity contribution in [1.82, 2.24) is 4.90 Å². The standard InChI is InChI=1S/C30H37N3O3/c1-35-28-17-6-5-16-27(28)33-21-19-32(20-22-33)18-8-14-25-13-7-15-26(30(31)34)29(25)36-23-9-12-24-10-3-2-4-11-24/h2-7,10-11,13,15-17H,8-9,12,14,18-23H2,1H3,(H2,31,34). The summed E-state index contributed by atoms with van der Waals surface area (Å²) in [6, 6.07) is 24.3. The molecule has 1 saturated heterocycles. The Hall–Kier alpha value is -3.51. The molecule has 2 N–H and O–H groups in total. The van der Waals surface area contributed by atoms with Crippen molar-refractivity contribution in [1.29, 1.82) is 0 Å². The van der Waals surface area contributed by atoms with Crippen molar-refractivity contribution < 1.29 is 14.3 Å². The maximum atomic E-state index is 12.1. The van der Waals surface area contributed by atoms with E-state index in [9.17, 15) is 4.79 Å². The van der Waals surface area contributed by atoms with E-state index in [1.54, 1.807) is 13.2 Å². The van der Waals surface area contributed by atoms with Crippen LogP contribution in [-0.4, -0.2) is 57.2 Å². The third-order valence-electron chi connectivity index (χ3n) is 6.78. The van der Waals surface area contributed by atoms with Crippen LogP contribution in [0.2, 0.25) is 0 Å². The summed E-state index contributed by atoms with van der Waals surface area (Å²) >= 11 is 0. The number of nitrogens with two attached hydrogens (primary N) is 1. The summed E-state index contributed by atoms with van der Waals surface area (Å²) in [6.45, 7) is 5.55. The van der Waals surface area contributed by atoms with Crippen LogP contribution >= 0.6 is 0 Å². The molecule has 1 amide bonds. The zero-order valence-electron chi connectivity index (χ0n) is 21.2. The number of carbonyl (C=O) groups is 1. The first-order valence-electron chi connectivity index (χ1n) is 12.8. The molecule has 1 aliphatic rings. The molecule has 0 spiro atoms.